The summed E-state index contributed by atoms with van der Waals surface area (Å²) in [6.07, 6.45) is -2.13. The van der Waals surface area contributed by atoms with Crippen LogP contribution < -0.4 is 16.2 Å². The molecule has 7 nitrogen and oxygen atoms in total. The fourth-order valence-corrected chi connectivity index (χ4v) is 4.66. The van der Waals surface area contributed by atoms with Crippen molar-refractivity contribution in [1.29, 1.82) is 0 Å². The number of H-pyrrole nitrogens is 1. The number of hydrogen-bond donors (Lipinski definition) is 3. The number of anilines is 3. The van der Waals surface area contributed by atoms with Crippen molar-refractivity contribution in [2.45, 2.75) is 25.7 Å². The number of carbonyl (C=O) groups is 1. The Balaban J connectivity index is 1.56. The Labute approximate surface area is 231 Å². The van der Waals surface area contributed by atoms with Crippen LogP contribution in [0.1, 0.15) is 23.6 Å². The molecule has 11 heteroatoms. The summed E-state index contributed by atoms with van der Waals surface area (Å²) < 4.78 is 56.2. The highest BCUT2D eigenvalue weighted by atomic mass is 19.3. The molecule has 0 aliphatic heterocycles. The van der Waals surface area contributed by atoms with Gasteiger partial charge in [-0.1, -0.05) is 24.3 Å². The van der Waals surface area contributed by atoms with Crippen molar-refractivity contribution in [2.24, 2.45) is 7.05 Å². The zero-order valence-corrected chi connectivity index (χ0v) is 22.0. The van der Waals surface area contributed by atoms with Crippen molar-refractivity contribution in [1.82, 2.24) is 14.5 Å². The van der Waals surface area contributed by atoms with Gasteiger partial charge in [0, 0.05) is 30.9 Å². The summed E-state index contributed by atoms with van der Waals surface area (Å²) in [6, 6.07) is 15.7. The molecule has 0 bridgehead atoms. The van der Waals surface area contributed by atoms with Gasteiger partial charge in [0.25, 0.3) is 5.56 Å². The number of carbonyl (C=O) groups excluding carboxylic acids is 1. The smallest absolute Gasteiger partial charge is 0.262 e. The Morgan fingerprint density at radius 3 is 2.49 bits per heavy atom. The normalized spacial score (nSPS) is 12.1. The van der Waals surface area contributed by atoms with Gasteiger partial charge in [0.05, 0.1) is 33.9 Å². The summed E-state index contributed by atoms with van der Waals surface area (Å²) in [6.45, 7) is 1.78. The highest BCUT2D eigenvalue weighted by Crippen LogP contribution is 2.37. The minimum absolute atomic E-state index is 0.0634. The molecule has 0 saturated carbocycles. The first-order valence-corrected chi connectivity index (χ1v) is 12.7. The molecule has 210 valence electrons. The predicted octanol–water partition coefficient (Wildman–Crippen LogP) is 6.64. The van der Waals surface area contributed by atoms with E-state index in [4.69, 9.17) is 0 Å². The maximum atomic E-state index is 14.6. The number of nitrogens with zero attached hydrogens (tertiary/aromatic N) is 2. The topological polar surface area (TPSA) is 91.8 Å². The van der Waals surface area contributed by atoms with Crippen LogP contribution in [-0.4, -0.2) is 26.9 Å². The first kappa shape index (κ1) is 27.6. The average molecular weight is 564 g/mol. The fraction of sp³-hybridized carbons (Fsp3) is 0.167. The molecule has 0 saturated heterocycles. The summed E-state index contributed by atoms with van der Waals surface area (Å²) in [5, 5.41) is 5.91. The molecule has 0 radical (unpaired) electrons. The number of rotatable bonds is 8. The maximum Gasteiger partial charge on any atom is 0.262 e. The van der Waals surface area contributed by atoms with Gasteiger partial charge in [0.2, 0.25) is 12.3 Å². The van der Waals surface area contributed by atoms with Crippen LogP contribution in [0.5, 0.6) is 0 Å². The molecule has 0 aliphatic carbocycles. The largest absolute Gasteiger partial charge is 0.353 e. The third kappa shape index (κ3) is 5.69. The van der Waals surface area contributed by atoms with E-state index in [1.807, 2.05) is 0 Å². The van der Waals surface area contributed by atoms with Gasteiger partial charge in [-0.05, 0) is 55.0 Å². The fourth-order valence-electron chi connectivity index (χ4n) is 4.66. The molecule has 5 aromatic rings. The number of aromatic amines is 1. The van der Waals surface area contributed by atoms with Crippen molar-refractivity contribution in [2.75, 3.05) is 10.6 Å². The molecule has 3 heterocycles. The van der Waals surface area contributed by atoms with E-state index in [1.165, 1.54) is 41.1 Å². The van der Waals surface area contributed by atoms with Gasteiger partial charge in [-0.3, -0.25) is 9.59 Å². The first-order valence-electron chi connectivity index (χ1n) is 12.7. The van der Waals surface area contributed by atoms with Crippen LogP contribution in [0.2, 0.25) is 0 Å². The van der Waals surface area contributed by atoms with E-state index in [0.29, 0.717) is 33.5 Å². The highest BCUT2D eigenvalue weighted by Gasteiger charge is 2.26. The van der Waals surface area contributed by atoms with E-state index in [-0.39, 0.29) is 22.6 Å². The van der Waals surface area contributed by atoms with Crippen LogP contribution in [0, 0.1) is 18.6 Å². The summed E-state index contributed by atoms with van der Waals surface area (Å²) in [5.41, 5.74) is 2.50. The van der Waals surface area contributed by atoms with E-state index in [2.05, 4.69) is 20.6 Å². The highest BCUT2D eigenvalue weighted by molar-refractivity contribution is 6.03. The van der Waals surface area contributed by atoms with Crippen molar-refractivity contribution in [3.8, 4) is 11.3 Å². The number of para-hydroxylation sites is 1. The summed E-state index contributed by atoms with van der Waals surface area (Å²) >= 11 is 0. The number of pyridine rings is 2. The van der Waals surface area contributed by atoms with E-state index in [1.54, 1.807) is 38.2 Å². The number of nitrogens with one attached hydrogen (secondary N) is 3. The van der Waals surface area contributed by atoms with Gasteiger partial charge < -0.3 is 20.2 Å². The number of fused-ring (bicyclic) bond motifs is 1. The van der Waals surface area contributed by atoms with Crippen molar-refractivity contribution >= 4 is 34.0 Å². The third-order valence-electron chi connectivity index (χ3n) is 6.87. The molecule has 41 heavy (non-hydrogen) atoms. The van der Waals surface area contributed by atoms with Crippen molar-refractivity contribution in [3.05, 3.63) is 106 Å². The lowest BCUT2D eigenvalue weighted by atomic mass is 9.95. The molecule has 3 N–H and O–H groups in total. The molecule has 2 aromatic carbocycles. The Kier molecular flexibility index (Phi) is 7.60. The van der Waals surface area contributed by atoms with Crippen molar-refractivity contribution in [3.63, 3.8) is 0 Å². The lowest BCUT2D eigenvalue weighted by Crippen LogP contribution is -2.23. The Morgan fingerprint density at radius 2 is 1.78 bits per heavy atom. The van der Waals surface area contributed by atoms with Crippen LogP contribution in [0.15, 0.2) is 77.7 Å². The number of aryl methyl sites for hydroxylation is 1. The molecule has 1 unspecified atom stereocenters. The summed E-state index contributed by atoms with van der Waals surface area (Å²) in [5.74, 6) is -3.01. The Bertz CT molecular complexity index is 1800. The van der Waals surface area contributed by atoms with Crippen molar-refractivity contribution < 1.29 is 22.4 Å². The zero-order chi connectivity index (χ0) is 29.3. The first-order chi connectivity index (χ1) is 19.6. The Hall–Kier alpha value is -4.93. The third-order valence-corrected chi connectivity index (χ3v) is 6.87. The molecule has 3 aromatic heterocycles. The minimum atomic E-state index is -2.78. The quantitative estimate of drug-likeness (QED) is 0.185. The van der Waals surface area contributed by atoms with Crippen LogP contribution in [0.3, 0.4) is 0 Å². The van der Waals surface area contributed by atoms with Gasteiger partial charge in [0.15, 0.2) is 0 Å². The summed E-state index contributed by atoms with van der Waals surface area (Å²) in [7, 11) is 1.63. The number of halogens is 4. The standard InChI is InChI=1S/C30H25F4N5O2/c1-16-13-23-26(30(41)39(16)2)28(36-22-6-4-3-5-21(22)32)27(37-23)18-11-12-35-25(14-18)38-29(40)20(15-24(33)34)17-7-9-19(31)10-8-17/h3-14,20,24,36-37H,15H2,1-2H3,(H,35,38,40). The number of benzene rings is 2. The second-order valence-electron chi connectivity index (χ2n) is 9.57. The van der Waals surface area contributed by atoms with Crippen LogP contribution in [0.4, 0.5) is 34.8 Å². The summed E-state index contributed by atoms with van der Waals surface area (Å²) in [4.78, 5) is 33.8. The Morgan fingerprint density at radius 1 is 1.05 bits per heavy atom. The molecule has 0 spiro atoms. The van der Waals surface area contributed by atoms with Gasteiger partial charge >= 0.3 is 0 Å². The molecule has 0 fully saturated rings. The van der Waals surface area contributed by atoms with Gasteiger partial charge in [0.1, 0.15) is 17.5 Å². The number of aromatic nitrogens is 3. The maximum absolute atomic E-state index is 14.6. The minimum Gasteiger partial charge on any atom is -0.353 e. The monoisotopic (exact) mass is 563 g/mol. The second-order valence-corrected chi connectivity index (χ2v) is 9.57. The molecule has 0 aliphatic rings. The number of amides is 1. The van der Waals surface area contributed by atoms with E-state index < -0.39 is 36.3 Å². The van der Waals surface area contributed by atoms with Crippen LogP contribution in [0.25, 0.3) is 22.2 Å². The average Bonchev–Trinajstić information content (AvgIpc) is 3.30. The molecule has 1 amide bonds. The second kappa shape index (κ2) is 11.3. The SMILES string of the molecule is Cc1cc2[nH]c(-c3ccnc(NC(=O)C(CC(F)F)c4ccc(F)cc4)c3)c(Nc3ccccc3F)c2c(=O)n1C. The van der Waals surface area contributed by atoms with Gasteiger partial charge in [-0.2, -0.15) is 0 Å². The molecular formula is C30H25F4N5O2. The molecular weight excluding hydrogens is 538 g/mol. The number of hydrogen-bond acceptors (Lipinski definition) is 4. The van der Waals surface area contributed by atoms with Crippen LogP contribution in [-0.2, 0) is 11.8 Å². The van der Waals surface area contributed by atoms with E-state index in [0.717, 1.165) is 12.1 Å². The van der Waals surface area contributed by atoms with E-state index >= 15 is 0 Å². The lowest BCUT2D eigenvalue weighted by Gasteiger charge is -2.17. The predicted molar refractivity (Wildman–Crippen MR) is 150 cm³/mol. The van der Waals surface area contributed by atoms with Gasteiger partial charge in [-0.15, -0.1) is 0 Å². The van der Waals surface area contributed by atoms with E-state index in [9.17, 15) is 27.2 Å². The number of alkyl halides is 2. The molecule has 1 atom stereocenters. The lowest BCUT2D eigenvalue weighted by molar-refractivity contribution is -0.118. The van der Waals surface area contributed by atoms with Gasteiger partial charge in [-0.25, -0.2) is 22.5 Å². The van der Waals surface area contributed by atoms with Crippen LogP contribution >= 0.6 is 0 Å². The zero-order valence-electron chi connectivity index (χ0n) is 22.0. The molecule has 5 rings (SSSR count).